The fraction of sp³-hybridized carbons (Fsp3) is 0.143. The molecule has 0 N–H and O–H groups in total. The molecule has 0 aliphatic rings. The lowest BCUT2D eigenvalue weighted by Gasteiger charge is -2.24. The maximum absolute atomic E-state index is 12.4. The van der Waals surface area contributed by atoms with E-state index in [2.05, 4.69) is 4.98 Å². The molecular weight excluding hydrogens is 327 g/mol. The smallest absolute Gasteiger partial charge is 0.224 e. The molecule has 0 spiro atoms. The van der Waals surface area contributed by atoms with Crippen molar-refractivity contribution in [2.24, 2.45) is 0 Å². The minimum Gasteiger partial charge on any atom is -0.496 e. The molecule has 0 fully saturated rings. The Morgan fingerprint density at radius 2 is 1.73 bits per heavy atom. The topological polar surface area (TPSA) is 51.7 Å². The summed E-state index contributed by atoms with van der Waals surface area (Å²) < 4.78 is 11.4. The highest BCUT2D eigenvalue weighted by molar-refractivity contribution is 5.93. The maximum Gasteiger partial charge on any atom is 0.224 e. The number of hydrogen-bond donors (Lipinski definition) is 0. The van der Waals surface area contributed by atoms with Crippen LogP contribution in [-0.4, -0.2) is 18.0 Å². The Morgan fingerprint density at radius 1 is 1.00 bits per heavy atom. The van der Waals surface area contributed by atoms with Crippen LogP contribution in [0.5, 0.6) is 17.2 Å². The van der Waals surface area contributed by atoms with E-state index in [1.807, 2.05) is 54.6 Å². The van der Waals surface area contributed by atoms with Gasteiger partial charge >= 0.3 is 0 Å². The van der Waals surface area contributed by atoms with E-state index in [1.165, 1.54) is 6.92 Å². The second-order valence-corrected chi connectivity index (χ2v) is 5.68. The molecule has 26 heavy (non-hydrogen) atoms. The summed E-state index contributed by atoms with van der Waals surface area (Å²) in [5, 5.41) is 0. The Hall–Kier alpha value is -3.34. The van der Waals surface area contributed by atoms with Gasteiger partial charge in [0.15, 0.2) is 5.75 Å². The van der Waals surface area contributed by atoms with E-state index in [0.717, 1.165) is 11.3 Å². The van der Waals surface area contributed by atoms with Crippen molar-refractivity contribution in [1.82, 2.24) is 4.98 Å². The van der Waals surface area contributed by atoms with Crippen molar-refractivity contribution >= 4 is 11.6 Å². The second-order valence-electron chi connectivity index (χ2n) is 5.68. The highest BCUT2D eigenvalue weighted by atomic mass is 16.5. The summed E-state index contributed by atoms with van der Waals surface area (Å²) in [4.78, 5) is 18.2. The van der Waals surface area contributed by atoms with Gasteiger partial charge in [-0.15, -0.1) is 0 Å². The fourth-order valence-corrected chi connectivity index (χ4v) is 2.65. The van der Waals surface area contributed by atoms with E-state index in [1.54, 1.807) is 30.5 Å². The molecule has 0 saturated carbocycles. The fourth-order valence-electron chi connectivity index (χ4n) is 2.65. The first-order chi connectivity index (χ1) is 12.7. The SMILES string of the molecule is CC(=O)N(Cc1ccccc1O[11CH3])c1cnccc1Oc1ccccc1. The first-order valence-corrected chi connectivity index (χ1v) is 8.26. The highest BCUT2D eigenvalue weighted by Gasteiger charge is 2.19. The predicted molar refractivity (Wildman–Crippen MR) is 101 cm³/mol. The van der Waals surface area contributed by atoms with Gasteiger partial charge in [-0.1, -0.05) is 36.4 Å². The first-order valence-electron chi connectivity index (χ1n) is 8.26. The third-order valence-electron chi connectivity index (χ3n) is 3.92. The van der Waals surface area contributed by atoms with Crippen LogP contribution in [0.25, 0.3) is 0 Å². The Bertz CT molecular complexity index is 881. The lowest BCUT2D eigenvalue weighted by molar-refractivity contribution is -0.116. The molecule has 0 aliphatic heterocycles. The zero-order valence-corrected chi connectivity index (χ0v) is 14.8. The van der Waals surface area contributed by atoms with Gasteiger partial charge in [0, 0.05) is 24.8 Å². The van der Waals surface area contributed by atoms with Crippen molar-refractivity contribution in [3.63, 3.8) is 0 Å². The average Bonchev–Trinajstić information content (AvgIpc) is 2.67. The molecule has 5 heteroatoms. The van der Waals surface area contributed by atoms with Gasteiger partial charge in [0.05, 0.1) is 19.9 Å². The molecule has 0 bridgehead atoms. The van der Waals surface area contributed by atoms with Gasteiger partial charge in [0.2, 0.25) is 5.91 Å². The van der Waals surface area contributed by atoms with Crippen molar-refractivity contribution in [1.29, 1.82) is 0 Å². The van der Waals surface area contributed by atoms with Gasteiger partial charge in [-0.3, -0.25) is 9.78 Å². The molecule has 1 amide bonds. The molecule has 0 aliphatic carbocycles. The number of benzene rings is 2. The normalized spacial score (nSPS) is 10.2. The number of rotatable bonds is 6. The Kier molecular flexibility index (Phi) is 5.49. The molecule has 5 nitrogen and oxygen atoms in total. The van der Waals surface area contributed by atoms with Crippen molar-refractivity contribution in [2.75, 3.05) is 12.0 Å². The Balaban J connectivity index is 1.95. The number of para-hydroxylation sites is 2. The van der Waals surface area contributed by atoms with E-state index < -0.39 is 0 Å². The molecule has 3 aromatic rings. The van der Waals surface area contributed by atoms with Gasteiger partial charge in [0.25, 0.3) is 0 Å². The van der Waals surface area contributed by atoms with Crippen LogP contribution in [0.1, 0.15) is 12.5 Å². The van der Waals surface area contributed by atoms with E-state index in [4.69, 9.17) is 9.47 Å². The van der Waals surface area contributed by atoms with Gasteiger partial charge in [-0.05, 0) is 18.2 Å². The number of nitrogens with zero attached hydrogens (tertiary/aromatic N) is 2. The number of carbonyl (C=O) groups excluding carboxylic acids is 1. The third kappa shape index (κ3) is 4.00. The van der Waals surface area contributed by atoms with Crippen LogP contribution in [0.4, 0.5) is 5.69 Å². The number of amides is 1. The van der Waals surface area contributed by atoms with Gasteiger partial charge < -0.3 is 14.4 Å². The molecule has 3 rings (SSSR count). The summed E-state index contributed by atoms with van der Waals surface area (Å²) in [6.07, 6.45) is 3.28. The van der Waals surface area contributed by atoms with Crippen LogP contribution in [-0.2, 0) is 11.3 Å². The van der Waals surface area contributed by atoms with Crippen LogP contribution in [0.3, 0.4) is 0 Å². The number of anilines is 1. The lowest BCUT2D eigenvalue weighted by atomic mass is 10.1. The molecule has 1 aromatic heterocycles. The molecule has 132 valence electrons. The molecule has 0 radical (unpaired) electrons. The van der Waals surface area contributed by atoms with Crippen LogP contribution < -0.4 is 14.4 Å². The number of methoxy groups -OCH3 is 1. The van der Waals surface area contributed by atoms with E-state index in [9.17, 15) is 4.79 Å². The largest absolute Gasteiger partial charge is 0.496 e. The second kappa shape index (κ2) is 8.16. The first kappa shape index (κ1) is 17.5. The van der Waals surface area contributed by atoms with E-state index >= 15 is 0 Å². The molecule has 0 unspecified atom stereocenters. The average molecular weight is 347 g/mol. The van der Waals surface area contributed by atoms with Crippen molar-refractivity contribution in [2.45, 2.75) is 13.5 Å². The molecule has 1 heterocycles. The minimum absolute atomic E-state index is 0.109. The summed E-state index contributed by atoms with van der Waals surface area (Å²) >= 11 is 0. The summed E-state index contributed by atoms with van der Waals surface area (Å²) in [6, 6.07) is 18.8. The highest BCUT2D eigenvalue weighted by Crippen LogP contribution is 2.33. The van der Waals surface area contributed by atoms with Gasteiger partial charge in [-0.2, -0.15) is 0 Å². The Morgan fingerprint density at radius 3 is 2.46 bits per heavy atom. The van der Waals surface area contributed by atoms with E-state index in [-0.39, 0.29) is 5.91 Å². The predicted octanol–water partition coefficient (Wildman–Crippen LogP) is 4.44. The summed E-state index contributed by atoms with van der Waals surface area (Å²) in [5.74, 6) is 1.88. The van der Waals surface area contributed by atoms with Crippen molar-refractivity contribution < 1.29 is 14.3 Å². The monoisotopic (exact) mass is 347 g/mol. The molecule has 0 saturated heterocycles. The standard InChI is InChI=1S/C21H20N2O3/c1-16(24)23(15-17-8-6-7-11-20(17)25-2)19-14-22-13-12-21(19)26-18-9-4-3-5-10-18/h3-14H,15H2,1-2H3/i2-1. The molecular formula is C21H20N2O3. The van der Waals surface area contributed by atoms with Crippen LogP contribution in [0.15, 0.2) is 73.1 Å². The lowest BCUT2D eigenvalue weighted by Crippen LogP contribution is -2.28. The molecule has 2 aromatic carbocycles. The van der Waals surface area contributed by atoms with Crippen LogP contribution >= 0.6 is 0 Å². The van der Waals surface area contributed by atoms with Crippen molar-refractivity contribution in [3.8, 4) is 17.2 Å². The van der Waals surface area contributed by atoms with Crippen molar-refractivity contribution in [3.05, 3.63) is 78.6 Å². The third-order valence-corrected chi connectivity index (χ3v) is 3.92. The number of ether oxygens (including phenoxy) is 2. The molecule has 0 atom stereocenters. The van der Waals surface area contributed by atoms with E-state index in [0.29, 0.717) is 23.7 Å². The van der Waals surface area contributed by atoms with Gasteiger partial charge in [0.1, 0.15) is 17.2 Å². The van der Waals surface area contributed by atoms with Crippen LogP contribution in [0, 0.1) is 0 Å². The van der Waals surface area contributed by atoms with Crippen LogP contribution in [0.2, 0.25) is 0 Å². The number of aromatic nitrogens is 1. The number of pyridine rings is 1. The van der Waals surface area contributed by atoms with Gasteiger partial charge in [-0.25, -0.2) is 0 Å². The Labute approximate surface area is 152 Å². The summed E-state index contributed by atoms with van der Waals surface area (Å²) in [7, 11) is 1.62. The summed E-state index contributed by atoms with van der Waals surface area (Å²) in [5.41, 5.74) is 1.51. The quantitative estimate of drug-likeness (QED) is 0.662. The summed E-state index contributed by atoms with van der Waals surface area (Å²) in [6.45, 7) is 1.88. The number of hydrogen-bond acceptors (Lipinski definition) is 4. The zero-order chi connectivity index (χ0) is 18.4. The maximum atomic E-state index is 12.4. The minimum atomic E-state index is -0.109. The zero-order valence-electron chi connectivity index (χ0n) is 14.8. The number of carbonyl (C=O) groups is 1.